The van der Waals surface area contributed by atoms with Gasteiger partial charge < -0.3 is 20.8 Å². The topological polar surface area (TPSA) is 86.7 Å². The van der Waals surface area contributed by atoms with E-state index >= 15 is 0 Å². The standard InChI is InChI=1S/C6H7N.BH3O3/c7-6-4-2-1-3-5-6;2-1(3)4/h1-5H,7H2;2-4H. The van der Waals surface area contributed by atoms with Gasteiger partial charge in [0.15, 0.2) is 0 Å². The zero-order valence-electron chi connectivity index (χ0n) is 5.88. The third-order valence-corrected chi connectivity index (χ3v) is 0.800. The summed E-state index contributed by atoms with van der Waals surface area (Å²) in [6.07, 6.45) is 0. The van der Waals surface area contributed by atoms with Crippen molar-refractivity contribution in [2.45, 2.75) is 0 Å². The number of nitrogens with two attached hydrogens (primary N) is 1. The van der Waals surface area contributed by atoms with Crippen molar-refractivity contribution in [3.05, 3.63) is 30.3 Å². The van der Waals surface area contributed by atoms with Crippen LogP contribution in [0, 0.1) is 0 Å². The monoisotopic (exact) mass is 155 g/mol. The molecule has 0 unspecified atom stereocenters. The van der Waals surface area contributed by atoms with Crippen LogP contribution in [0.4, 0.5) is 5.69 Å². The Hall–Kier alpha value is -1.04. The lowest BCUT2D eigenvalue weighted by Gasteiger charge is -1.83. The fourth-order valence-electron chi connectivity index (χ4n) is 0.453. The van der Waals surface area contributed by atoms with Gasteiger partial charge in [0.25, 0.3) is 0 Å². The van der Waals surface area contributed by atoms with Crippen LogP contribution in [0.5, 0.6) is 0 Å². The van der Waals surface area contributed by atoms with Gasteiger partial charge >= 0.3 is 7.32 Å². The Bertz CT molecular complexity index is 178. The van der Waals surface area contributed by atoms with Crippen molar-refractivity contribution in [3.63, 3.8) is 0 Å². The first kappa shape index (κ1) is 9.96. The van der Waals surface area contributed by atoms with E-state index in [4.69, 9.17) is 20.8 Å². The van der Waals surface area contributed by atoms with Gasteiger partial charge in [-0.2, -0.15) is 0 Å². The molecule has 5 heteroatoms. The van der Waals surface area contributed by atoms with Gasteiger partial charge in [0, 0.05) is 5.69 Å². The molecule has 0 spiro atoms. The SMILES string of the molecule is Nc1ccccc1.OB(O)O. The molecule has 0 amide bonds. The predicted octanol–water partition coefficient (Wildman–Crippen LogP) is -0.783. The first-order chi connectivity index (χ1) is 5.13. The van der Waals surface area contributed by atoms with Crippen molar-refractivity contribution in [1.29, 1.82) is 0 Å². The van der Waals surface area contributed by atoms with Gasteiger partial charge in [-0.15, -0.1) is 0 Å². The maximum Gasteiger partial charge on any atom is 0.631 e. The molecule has 0 aromatic heterocycles. The molecule has 1 aromatic rings. The molecule has 0 bridgehead atoms. The molecule has 0 heterocycles. The molecule has 0 saturated heterocycles. The van der Waals surface area contributed by atoms with E-state index in [2.05, 4.69) is 0 Å². The van der Waals surface area contributed by atoms with Crippen molar-refractivity contribution >= 4 is 13.0 Å². The average Bonchev–Trinajstić information content (AvgIpc) is 1.87. The first-order valence-electron chi connectivity index (χ1n) is 2.97. The van der Waals surface area contributed by atoms with Crippen LogP contribution in [0.15, 0.2) is 30.3 Å². The van der Waals surface area contributed by atoms with Crippen LogP contribution in [0.3, 0.4) is 0 Å². The third kappa shape index (κ3) is 8.96. The van der Waals surface area contributed by atoms with Crippen LogP contribution in [-0.2, 0) is 0 Å². The largest absolute Gasteiger partial charge is 0.631 e. The number of rotatable bonds is 0. The molecule has 1 aromatic carbocycles. The molecular formula is C6H10BNO3. The second-order valence-electron chi connectivity index (χ2n) is 1.76. The summed E-state index contributed by atoms with van der Waals surface area (Å²) in [7, 11) is -2.17. The third-order valence-electron chi connectivity index (χ3n) is 0.800. The summed E-state index contributed by atoms with van der Waals surface area (Å²) in [5, 5.41) is 21.5. The normalized spacial score (nSPS) is 7.91. The van der Waals surface area contributed by atoms with Crippen molar-refractivity contribution in [2.75, 3.05) is 5.73 Å². The van der Waals surface area contributed by atoms with Crippen LogP contribution in [0.1, 0.15) is 0 Å². The number of para-hydroxylation sites is 1. The van der Waals surface area contributed by atoms with E-state index in [0.717, 1.165) is 5.69 Å². The van der Waals surface area contributed by atoms with E-state index < -0.39 is 7.32 Å². The van der Waals surface area contributed by atoms with Gasteiger partial charge in [0.05, 0.1) is 0 Å². The number of benzene rings is 1. The van der Waals surface area contributed by atoms with Crippen LogP contribution < -0.4 is 5.73 Å². The second-order valence-corrected chi connectivity index (χ2v) is 1.76. The molecule has 0 saturated carbocycles. The van der Waals surface area contributed by atoms with Gasteiger partial charge in [-0.05, 0) is 12.1 Å². The van der Waals surface area contributed by atoms with Crippen LogP contribution in [0.2, 0.25) is 0 Å². The highest BCUT2D eigenvalue weighted by Gasteiger charge is 1.92. The molecule has 0 aliphatic carbocycles. The average molecular weight is 155 g/mol. The minimum absolute atomic E-state index is 0.822. The van der Waals surface area contributed by atoms with Crippen molar-refractivity contribution in [2.24, 2.45) is 0 Å². The fraction of sp³-hybridized carbons (Fsp3) is 0. The molecule has 0 fully saturated rings. The zero-order valence-corrected chi connectivity index (χ0v) is 5.88. The van der Waals surface area contributed by atoms with Gasteiger partial charge in [-0.25, -0.2) is 0 Å². The Morgan fingerprint density at radius 1 is 1.00 bits per heavy atom. The molecule has 0 atom stereocenters. The maximum absolute atomic E-state index is 7.17. The Balaban J connectivity index is 0.000000218. The van der Waals surface area contributed by atoms with Crippen LogP contribution in [0.25, 0.3) is 0 Å². The quantitative estimate of drug-likeness (QED) is 0.292. The van der Waals surface area contributed by atoms with E-state index in [0.29, 0.717) is 0 Å². The van der Waals surface area contributed by atoms with Crippen LogP contribution in [-0.4, -0.2) is 22.4 Å². The lowest BCUT2D eigenvalue weighted by molar-refractivity contribution is 0.278. The van der Waals surface area contributed by atoms with E-state index in [9.17, 15) is 0 Å². The minimum atomic E-state index is -2.17. The lowest BCUT2D eigenvalue weighted by atomic mass is 10.3. The van der Waals surface area contributed by atoms with E-state index in [1.165, 1.54) is 0 Å². The van der Waals surface area contributed by atoms with Gasteiger partial charge in [-0.3, -0.25) is 0 Å². The van der Waals surface area contributed by atoms with Crippen molar-refractivity contribution < 1.29 is 15.1 Å². The minimum Gasteiger partial charge on any atom is -0.402 e. The summed E-state index contributed by atoms with van der Waals surface area (Å²) in [6, 6.07) is 9.49. The van der Waals surface area contributed by atoms with E-state index in [1.54, 1.807) is 0 Å². The maximum atomic E-state index is 7.17. The summed E-state index contributed by atoms with van der Waals surface area (Å²) in [5.74, 6) is 0. The molecular weight excluding hydrogens is 145 g/mol. The van der Waals surface area contributed by atoms with E-state index in [1.807, 2.05) is 30.3 Å². The summed E-state index contributed by atoms with van der Waals surface area (Å²) >= 11 is 0. The number of anilines is 1. The lowest BCUT2D eigenvalue weighted by Crippen LogP contribution is -2.07. The smallest absolute Gasteiger partial charge is 0.402 e. The Labute approximate surface area is 65.1 Å². The molecule has 11 heavy (non-hydrogen) atoms. The molecule has 5 N–H and O–H groups in total. The highest BCUT2D eigenvalue weighted by molar-refractivity contribution is 6.30. The molecule has 0 radical (unpaired) electrons. The Morgan fingerprint density at radius 3 is 1.55 bits per heavy atom. The second kappa shape index (κ2) is 5.73. The zero-order chi connectivity index (χ0) is 8.69. The number of nitrogen functional groups attached to an aromatic ring is 1. The van der Waals surface area contributed by atoms with Crippen molar-refractivity contribution in [1.82, 2.24) is 0 Å². The van der Waals surface area contributed by atoms with Gasteiger partial charge in [-0.1, -0.05) is 18.2 Å². The van der Waals surface area contributed by atoms with E-state index in [-0.39, 0.29) is 0 Å². The molecule has 0 aliphatic rings. The van der Waals surface area contributed by atoms with Gasteiger partial charge in [0.1, 0.15) is 0 Å². The number of hydrogen-bond acceptors (Lipinski definition) is 4. The first-order valence-corrected chi connectivity index (χ1v) is 2.97. The molecule has 60 valence electrons. The van der Waals surface area contributed by atoms with Crippen LogP contribution >= 0.6 is 0 Å². The summed E-state index contributed by atoms with van der Waals surface area (Å²) in [5.41, 5.74) is 6.18. The van der Waals surface area contributed by atoms with Gasteiger partial charge in [0.2, 0.25) is 0 Å². The summed E-state index contributed by atoms with van der Waals surface area (Å²) in [4.78, 5) is 0. The Morgan fingerprint density at radius 2 is 1.36 bits per heavy atom. The summed E-state index contributed by atoms with van der Waals surface area (Å²) < 4.78 is 0. The highest BCUT2D eigenvalue weighted by atomic mass is 16.5. The predicted molar refractivity (Wildman–Crippen MR) is 43.3 cm³/mol. The number of hydrogen-bond donors (Lipinski definition) is 4. The van der Waals surface area contributed by atoms with Crippen molar-refractivity contribution in [3.8, 4) is 0 Å². The highest BCUT2D eigenvalue weighted by Crippen LogP contribution is 1.95. The fourth-order valence-corrected chi connectivity index (χ4v) is 0.453. The summed E-state index contributed by atoms with van der Waals surface area (Å²) in [6.45, 7) is 0. The molecule has 1 rings (SSSR count). The Kier molecular flexibility index (Phi) is 5.19. The molecule has 4 nitrogen and oxygen atoms in total. The molecule has 0 aliphatic heterocycles.